The van der Waals surface area contributed by atoms with Crippen LogP contribution in [0.4, 0.5) is 10.8 Å². The number of para-hydroxylation sites is 1. The standard InChI is InChI=1S/C14H10ClN3OS/c15-8-5-6-9(10(16)7-8)13(19)18-14-17-11-3-1-2-4-12(11)20-14/h1-7H,16H2,(H,17,18,19). The Bertz CT molecular complexity index is 767. The SMILES string of the molecule is Nc1cc(Cl)ccc1C(=O)Nc1nc2ccccc2s1. The van der Waals surface area contributed by atoms with E-state index in [9.17, 15) is 4.79 Å². The summed E-state index contributed by atoms with van der Waals surface area (Å²) in [6.07, 6.45) is 0. The lowest BCUT2D eigenvalue weighted by Gasteiger charge is -2.05. The van der Waals surface area contributed by atoms with Crippen molar-refractivity contribution in [1.29, 1.82) is 0 Å². The highest BCUT2D eigenvalue weighted by Gasteiger charge is 2.12. The van der Waals surface area contributed by atoms with E-state index in [2.05, 4.69) is 10.3 Å². The minimum Gasteiger partial charge on any atom is -0.398 e. The molecule has 0 bridgehead atoms. The second kappa shape index (κ2) is 5.11. The zero-order chi connectivity index (χ0) is 14.1. The summed E-state index contributed by atoms with van der Waals surface area (Å²) in [5.41, 5.74) is 7.37. The number of carbonyl (C=O) groups is 1. The number of amides is 1. The van der Waals surface area contributed by atoms with Gasteiger partial charge in [0.25, 0.3) is 5.91 Å². The predicted molar refractivity (Wildman–Crippen MR) is 83.4 cm³/mol. The zero-order valence-corrected chi connectivity index (χ0v) is 11.8. The molecule has 1 amide bonds. The monoisotopic (exact) mass is 303 g/mol. The summed E-state index contributed by atoms with van der Waals surface area (Å²) in [5, 5.41) is 3.80. The fourth-order valence-corrected chi connectivity index (χ4v) is 2.87. The quantitative estimate of drug-likeness (QED) is 0.708. The molecule has 3 N–H and O–H groups in total. The molecule has 0 radical (unpaired) electrons. The minimum atomic E-state index is -0.293. The average molecular weight is 304 g/mol. The third-order valence-electron chi connectivity index (χ3n) is 2.77. The first kappa shape index (κ1) is 12.9. The van der Waals surface area contributed by atoms with E-state index in [1.54, 1.807) is 18.2 Å². The summed E-state index contributed by atoms with van der Waals surface area (Å²) in [6, 6.07) is 12.5. The number of carbonyl (C=O) groups excluding carboxylic acids is 1. The molecule has 0 atom stereocenters. The first-order valence-corrected chi connectivity index (χ1v) is 7.05. The highest BCUT2D eigenvalue weighted by Crippen LogP contribution is 2.26. The van der Waals surface area contributed by atoms with Gasteiger partial charge in [0.1, 0.15) is 0 Å². The molecule has 0 fully saturated rings. The predicted octanol–water partition coefficient (Wildman–Crippen LogP) is 3.78. The molecule has 0 aliphatic heterocycles. The van der Waals surface area contributed by atoms with E-state index in [0.717, 1.165) is 10.2 Å². The highest BCUT2D eigenvalue weighted by atomic mass is 35.5. The van der Waals surface area contributed by atoms with Gasteiger partial charge in [0.05, 0.1) is 15.8 Å². The summed E-state index contributed by atoms with van der Waals surface area (Å²) in [4.78, 5) is 16.5. The van der Waals surface area contributed by atoms with Gasteiger partial charge in [-0.3, -0.25) is 10.1 Å². The molecule has 1 heterocycles. The van der Waals surface area contributed by atoms with Crippen molar-refractivity contribution in [2.75, 3.05) is 11.1 Å². The third kappa shape index (κ3) is 2.45. The van der Waals surface area contributed by atoms with Crippen molar-refractivity contribution in [2.24, 2.45) is 0 Å². The van der Waals surface area contributed by atoms with Crippen LogP contribution in [-0.2, 0) is 0 Å². The molecule has 0 saturated heterocycles. The van der Waals surface area contributed by atoms with Gasteiger partial charge in [-0.15, -0.1) is 0 Å². The molecule has 100 valence electrons. The Morgan fingerprint density at radius 1 is 1.25 bits per heavy atom. The van der Waals surface area contributed by atoms with Gasteiger partial charge in [-0.05, 0) is 30.3 Å². The number of anilines is 2. The maximum atomic E-state index is 12.2. The zero-order valence-electron chi connectivity index (χ0n) is 10.3. The van der Waals surface area contributed by atoms with Gasteiger partial charge in [-0.1, -0.05) is 35.1 Å². The fourth-order valence-electron chi connectivity index (χ4n) is 1.83. The second-order valence-electron chi connectivity index (χ2n) is 4.17. The lowest BCUT2D eigenvalue weighted by molar-refractivity contribution is 0.102. The Hall–Kier alpha value is -2.11. The van der Waals surface area contributed by atoms with E-state index in [1.165, 1.54) is 11.3 Å². The highest BCUT2D eigenvalue weighted by molar-refractivity contribution is 7.22. The van der Waals surface area contributed by atoms with Gasteiger partial charge >= 0.3 is 0 Å². The van der Waals surface area contributed by atoms with Crippen LogP contribution in [0.2, 0.25) is 5.02 Å². The molecule has 20 heavy (non-hydrogen) atoms. The molecule has 3 aromatic rings. The summed E-state index contributed by atoms with van der Waals surface area (Å²) in [5.74, 6) is -0.293. The largest absolute Gasteiger partial charge is 0.398 e. The van der Waals surface area contributed by atoms with Crippen molar-refractivity contribution in [2.45, 2.75) is 0 Å². The van der Waals surface area contributed by atoms with Crippen molar-refractivity contribution in [3.63, 3.8) is 0 Å². The molecule has 0 saturated carbocycles. The van der Waals surface area contributed by atoms with E-state index in [4.69, 9.17) is 17.3 Å². The Kier molecular flexibility index (Phi) is 3.30. The molecule has 0 unspecified atom stereocenters. The number of rotatable bonds is 2. The van der Waals surface area contributed by atoms with Crippen LogP contribution < -0.4 is 11.1 Å². The maximum Gasteiger partial charge on any atom is 0.259 e. The van der Waals surface area contributed by atoms with Crippen molar-refractivity contribution >= 4 is 49.9 Å². The number of nitrogen functional groups attached to an aromatic ring is 1. The van der Waals surface area contributed by atoms with Crippen LogP contribution >= 0.6 is 22.9 Å². The summed E-state index contributed by atoms with van der Waals surface area (Å²) < 4.78 is 1.02. The second-order valence-corrected chi connectivity index (χ2v) is 5.64. The number of nitrogens with two attached hydrogens (primary N) is 1. The van der Waals surface area contributed by atoms with E-state index in [1.807, 2.05) is 24.3 Å². The molecule has 0 aliphatic carbocycles. The fraction of sp³-hybridized carbons (Fsp3) is 0. The van der Waals surface area contributed by atoms with Gasteiger partial charge < -0.3 is 5.73 Å². The van der Waals surface area contributed by atoms with Crippen molar-refractivity contribution in [3.05, 3.63) is 53.1 Å². The van der Waals surface area contributed by atoms with E-state index in [-0.39, 0.29) is 5.91 Å². The number of halogens is 1. The van der Waals surface area contributed by atoms with Gasteiger partial charge in [0.15, 0.2) is 5.13 Å². The van der Waals surface area contributed by atoms with Crippen LogP contribution in [0.25, 0.3) is 10.2 Å². The van der Waals surface area contributed by atoms with Crippen LogP contribution in [0.5, 0.6) is 0 Å². The Labute approximate surface area is 124 Å². The molecule has 2 aromatic carbocycles. The van der Waals surface area contributed by atoms with Crippen molar-refractivity contribution in [1.82, 2.24) is 4.98 Å². The van der Waals surface area contributed by atoms with Gasteiger partial charge in [0, 0.05) is 10.7 Å². The van der Waals surface area contributed by atoms with Crippen LogP contribution in [0.1, 0.15) is 10.4 Å². The van der Waals surface area contributed by atoms with Gasteiger partial charge in [0.2, 0.25) is 0 Å². The number of thiazole rings is 1. The molecule has 0 aliphatic rings. The van der Waals surface area contributed by atoms with E-state index < -0.39 is 0 Å². The third-order valence-corrected chi connectivity index (χ3v) is 3.96. The van der Waals surface area contributed by atoms with E-state index in [0.29, 0.717) is 21.4 Å². The maximum absolute atomic E-state index is 12.2. The number of hydrogen-bond acceptors (Lipinski definition) is 4. The van der Waals surface area contributed by atoms with Crippen LogP contribution in [0.3, 0.4) is 0 Å². The summed E-state index contributed by atoms with van der Waals surface area (Å²) >= 11 is 7.23. The summed E-state index contributed by atoms with van der Waals surface area (Å²) in [7, 11) is 0. The van der Waals surface area contributed by atoms with E-state index >= 15 is 0 Å². The van der Waals surface area contributed by atoms with Crippen LogP contribution in [0, 0.1) is 0 Å². The molecule has 4 nitrogen and oxygen atoms in total. The first-order chi connectivity index (χ1) is 9.63. The molecule has 6 heteroatoms. The number of aromatic nitrogens is 1. The topological polar surface area (TPSA) is 68.0 Å². The summed E-state index contributed by atoms with van der Waals surface area (Å²) in [6.45, 7) is 0. The lowest BCUT2D eigenvalue weighted by atomic mass is 10.2. The first-order valence-electron chi connectivity index (χ1n) is 5.85. The minimum absolute atomic E-state index is 0.293. The molecular formula is C14H10ClN3OS. The number of nitrogens with zero attached hydrogens (tertiary/aromatic N) is 1. The number of hydrogen-bond donors (Lipinski definition) is 2. The Morgan fingerprint density at radius 3 is 2.80 bits per heavy atom. The molecule has 3 rings (SSSR count). The number of nitrogens with one attached hydrogen (secondary N) is 1. The van der Waals surface area contributed by atoms with Crippen LogP contribution in [-0.4, -0.2) is 10.9 Å². The molecule has 1 aromatic heterocycles. The van der Waals surface area contributed by atoms with Crippen molar-refractivity contribution < 1.29 is 4.79 Å². The normalized spacial score (nSPS) is 10.7. The smallest absolute Gasteiger partial charge is 0.259 e. The average Bonchev–Trinajstić information content (AvgIpc) is 2.80. The molecular weight excluding hydrogens is 294 g/mol. The number of benzene rings is 2. The number of fused-ring (bicyclic) bond motifs is 1. The van der Waals surface area contributed by atoms with Gasteiger partial charge in [-0.25, -0.2) is 4.98 Å². The Morgan fingerprint density at radius 2 is 2.05 bits per heavy atom. The Balaban J connectivity index is 1.88. The molecule has 0 spiro atoms. The van der Waals surface area contributed by atoms with Gasteiger partial charge in [-0.2, -0.15) is 0 Å². The van der Waals surface area contributed by atoms with Crippen LogP contribution in [0.15, 0.2) is 42.5 Å². The van der Waals surface area contributed by atoms with Crippen molar-refractivity contribution in [3.8, 4) is 0 Å². The lowest BCUT2D eigenvalue weighted by Crippen LogP contribution is -2.13.